The summed E-state index contributed by atoms with van der Waals surface area (Å²) >= 11 is 3.15. The summed E-state index contributed by atoms with van der Waals surface area (Å²) in [7, 11) is 0. The van der Waals surface area contributed by atoms with E-state index in [0.29, 0.717) is 17.3 Å². The van der Waals surface area contributed by atoms with E-state index in [1.807, 2.05) is 30.3 Å². The molecular weight excluding hydrogens is 404 g/mol. The Hall–Kier alpha value is -2.91. The highest BCUT2D eigenvalue weighted by molar-refractivity contribution is 7.19. The largest absolute Gasteiger partial charge is 0.291 e. The second-order valence-corrected chi connectivity index (χ2v) is 9.19. The van der Waals surface area contributed by atoms with Crippen LogP contribution in [0.25, 0.3) is 25.7 Å². The maximum Gasteiger partial charge on any atom is 0.262 e. The van der Waals surface area contributed by atoms with E-state index in [4.69, 9.17) is 0 Å². The second-order valence-electron chi connectivity index (χ2n) is 7.15. The van der Waals surface area contributed by atoms with Crippen molar-refractivity contribution in [1.29, 1.82) is 0 Å². The molecule has 0 saturated heterocycles. The number of fused-ring (bicyclic) bond motifs is 4. The Morgan fingerprint density at radius 1 is 1.03 bits per heavy atom. The van der Waals surface area contributed by atoms with E-state index < -0.39 is 0 Å². The van der Waals surface area contributed by atoms with Gasteiger partial charge in [0.05, 0.1) is 18.3 Å². The normalized spacial score (nSPS) is 13.9. The van der Waals surface area contributed by atoms with Gasteiger partial charge in [-0.2, -0.15) is 9.61 Å². The average molecular weight is 421 g/mol. The predicted octanol–water partition coefficient (Wildman–Crippen LogP) is 3.55. The third-order valence-electron chi connectivity index (χ3n) is 5.33. The highest BCUT2D eigenvalue weighted by atomic mass is 32.1. The number of hydrogen-bond acceptors (Lipinski definition) is 7. The molecule has 0 spiro atoms. The van der Waals surface area contributed by atoms with Gasteiger partial charge in [-0.1, -0.05) is 41.7 Å². The fourth-order valence-electron chi connectivity index (χ4n) is 3.90. The van der Waals surface area contributed by atoms with E-state index in [1.165, 1.54) is 28.2 Å². The monoisotopic (exact) mass is 420 g/mol. The lowest BCUT2D eigenvalue weighted by Gasteiger charge is -2.10. The summed E-state index contributed by atoms with van der Waals surface area (Å²) in [5.74, 6) is 0.630. The molecule has 0 radical (unpaired) electrons. The Labute approximate surface area is 173 Å². The zero-order valence-corrected chi connectivity index (χ0v) is 17.0. The van der Waals surface area contributed by atoms with Gasteiger partial charge in [0, 0.05) is 10.4 Å². The van der Waals surface area contributed by atoms with Crippen LogP contribution >= 0.6 is 22.7 Å². The van der Waals surface area contributed by atoms with E-state index in [1.54, 1.807) is 26.7 Å². The number of benzene rings is 1. The maximum absolute atomic E-state index is 13.2. The Balaban J connectivity index is 1.42. The summed E-state index contributed by atoms with van der Waals surface area (Å²) in [6.45, 7) is 0.297. The summed E-state index contributed by atoms with van der Waals surface area (Å²) < 4.78 is 3.36. The molecule has 29 heavy (non-hydrogen) atoms. The molecule has 0 saturated carbocycles. The van der Waals surface area contributed by atoms with E-state index in [0.717, 1.165) is 40.1 Å². The second kappa shape index (κ2) is 6.57. The molecule has 9 heteroatoms. The minimum atomic E-state index is 0.00432. The molecule has 0 bridgehead atoms. The van der Waals surface area contributed by atoms with Crippen molar-refractivity contribution in [3.05, 3.63) is 63.3 Å². The van der Waals surface area contributed by atoms with Gasteiger partial charge in [-0.05, 0) is 31.2 Å². The first-order valence-corrected chi connectivity index (χ1v) is 11.2. The first-order chi connectivity index (χ1) is 14.3. The van der Waals surface area contributed by atoms with Crippen molar-refractivity contribution in [2.24, 2.45) is 0 Å². The SMILES string of the molecule is O=c1c2c3c(sc2ncn1Cc1nnc2sc(-c4ccccc4)nn12)CCCC3. The standard InChI is InChI=1S/C20H16N6OS2/c27-19-16-13-8-4-5-9-14(13)28-18(16)21-11-25(19)10-15-22-23-20-26(15)24-17(29-20)12-6-2-1-3-7-12/h1-3,6-7,11H,4-5,8-10H2. The molecule has 5 aromatic rings. The van der Waals surface area contributed by atoms with Crippen molar-refractivity contribution < 1.29 is 0 Å². The van der Waals surface area contributed by atoms with Gasteiger partial charge >= 0.3 is 0 Å². The van der Waals surface area contributed by atoms with Crippen molar-refractivity contribution in [3.63, 3.8) is 0 Å². The molecule has 1 aliphatic carbocycles. The van der Waals surface area contributed by atoms with Crippen LogP contribution in [0, 0.1) is 0 Å². The van der Waals surface area contributed by atoms with E-state index in [-0.39, 0.29) is 5.56 Å². The molecule has 4 aromatic heterocycles. The lowest BCUT2D eigenvalue weighted by Crippen LogP contribution is -2.22. The number of hydrogen-bond donors (Lipinski definition) is 0. The van der Waals surface area contributed by atoms with Crippen molar-refractivity contribution in [3.8, 4) is 10.6 Å². The first-order valence-electron chi connectivity index (χ1n) is 9.54. The molecule has 0 fully saturated rings. The molecule has 0 aliphatic heterocycles. The Bertz CT molecular complexity index is 1410. The van der Waals surface area contributed by atoms with Crippen molar-refractivity contribution >= 4 is 37.9 Å². The number of aryl methyl sites for hydroxylation is 2. The lowest BCUT2D eigenvalue weighted by atomic mass is 9.97. The summed E-state index contributed by atoms with van der Waals surface area (Å²) in [5.41, 5.74) is 2.25. The van der Waals surface area contributed by atoms with Crippen LogP contribution in [0.4, 0.5) is 0 Å². The fourth-order valence-corrected chi connectivity index (χ4v) is 5.98. The van der Waals surface area contributed by atoms with Crippen LogP contribution in [0.3, 0.4) is 0 Å². The molecule has 0 N–H and O–H groups in total. The Morgan fingerprint density at radius 3 is 2.79 bits per heavy atom. The minimum Gasteiger partial charge on any atom is -0.291 e. The van der Waals surface area contributed by atoms with Crippen LogP contribution in [0.15, 0.2) is 41.5 Å². The lowest BCUT2D eigenvalue weighted by molar-refractivity contribution is 0.678. The van der Waals surface area contributed by atoms with Crippen LogP contribution in [0.1, 0.15) is 29.1 Å². The van der Waals surface area contributed by atoms with Crippen molar-refractivity contribution in [2.45, 2.75) is 32.2 Å². The summed E-state index contributed by atoms with van der Waals surface area (Å²) in [6, 6.07) is 10.00. The summed E-state index contributed by atoms with van der Waals surface area (Å²) in [4.78, 5) is 20.7. The highest BCUT2D eigenvalue weighted by Gasteiger charge is 2.21. The van der Waals surface area contributed by atoms with Crippen LogP contribution in [0.2, 0.25) is 0 Å². The van der Waals surface area contributed by atoms with Crippen LogP contribution in [-0.2, 0) is 19.4 Å². The molecule has 0 amide bonds. The zero-order valence-electron chi connectivity index (χ0n) is 15.4. The van der Waals surface area contributed by atoms with Gasteiger partial charge in [0.25, 0.3) is 5.56 Å². The number of aromatic nitrogens is 6. The van der Waals surface area contributed by atoms with Crippen LogP contribution < -0.4 is 5.56 Å². The molecule has 1 aromatic carbocycles. The molecular formula is C20H16N6OS2. The quantitative estimate of drug-likeness (QED) is 0.446. The molecule has 6 rings (SSSR count). The van der Waals surface area contributed by atoms with Crippen LogP contribution in [-0.4, -0.2) is 29.4 Å². The Morgan fingerprint density at radius 2 is 1.90 bits per heavy atom. The number of thiophene rings is 1. The van der Waals surface area contributed by atoms with E-state index in [9.17, 15) is 4.79 Å². The summed E-state index contributed by atoms with van der Waals surface area (Å²) in [6.07, 6.45) is 5.98. The average Bonchev–Trinajstić information content (AvgIpc) is 3.44. The van der Waals surface area contributed by atoms with Gasteiger partial charge in [0.15, 0.2) is 5.82 Å². The molecule has 1 aliphatic rings. The van der Waals surface area contributed by atoms with Gasteiger partial charge in [-0.15, -0.1) is 21.5 Å². The third-order valence-corrected chi connectivity index (χ3v) is 7.48. The third kappa shape index (κ3) is 2.72. The molecule has 0 unspecified atom stereocenters. The predicted molar refractivity (Wildman–Crippen MR) is 114 cm³/mol. The smallest absolute Gasteiger partial charge is 0.262 e. The van der Waals surface area contributed by atoms with Gasteiger partial charge in [0.2, 0.25) is 4.96 Å². The molecule has 4 heterocycles. The van der Waals surface area contributed by atoms with Gasteiger partial charge in [-0.25, -0.2) is 4.98 Å². The zero-order chi connectivity index (χ0) is 19.4. The van der Waals surface area contributed by atoms with Crippen LogP contribution in [0.5, 0.6) is 0 Å². The summed E-state index contributed by atoms with van der Waals surface area (Å²) in [5, 5.41) is 14.8. The number of rotatable bonds is 3. The van der Waals surface area contributed by atoms with Gasteiger partial charge in [-0.3, -0.25) is 9.36 Å². The van der Waals surface area contributed by atoms with Crippen molar-refractivity contribution in [2.75, 3.05) is 0 Å². The number of nitrogens with zero attached hydrogens (tertiary/aromatic N) is 6. The minimum absolute atomic E-state index is 0.00432. The molecule has 144 valence electrons. The first kappa shape index (κ1) is 17.0. The van der Waals surface area contributed by atoms with Gasteiger partial charge in [0.1, 0.15) is 9.84 Å². The van der Waals surface area contributed by atoms with E-state index in [2.05, 4.69) is 20.3 Å². The van der Waals surface area contributed by atoms with E-state index >= 15 is 0 Å². The highest BCUT2D eigenvalue weighted by Crippen LogP contribution is 2.33. The molecule has 0 atom stereocenters. The van der Waals surface area contributed by atoms with Gasteiger partial charge < -0.3 is 0 Å². The maximum atomic E-state index is 13.2. The Kier molecular flexibility index (Phi) is 3.85. The topological polar surface area (TPSA) is 78.0 Å². The van der Waals surface area contributed by atoms with Crippen molar-refractivity contribution in [1.82, 2.24) is 29.4 Å². The molecule has 7 nitrogen and oxygen atoms in total. The fraction of sp³-hybridized carbons (Fsp3) is 0.250.